The Hall–Kier alpha value is -1.31. The zero-order chi connectivity index (χ0) is 15.9. The molecule has 7 heteroatoms. The Labute approximate surface area is 127 Å². The fourth-order valence-electron chi connectivity index (χ4n) is 2.03. The first kappa shape index (κ1) is 17.7. The second-order valence-corrected chi connectivity index (χ2v) is 6.39. The van der Waals surface area contributed by atoms with Crippen LogP contribution in [0.5, 0.6) is 11.5 Å². The Bertz CT molecular complexity index is 542. The molecule has 0 fully saturated rings. The number of hydrogen-bond donors (Lipinski definition) is 2. The monoisotopic (exact) mass is 317 g/mol. The van der Waals surface area contributed by atoms with Gasteiger partial charge in [-0.3, -0.25) is 0 Å². The third-order valence-corrected chi connectivity index (χ3v) is 4.89. The van der Waals surface area contributed by atoms with Gasteiger partial charge in [0.25, 0.3) is 0 Å². The van der Waals surface area contributed by atoms with Gasteiger partial charge in [-0.15, -0.1) is 0 Å². The fourth-order valence-corrected chi connectivity index (χ4v) is 3.08. The van der Waals surface area contributed by atoms with E-state index in [0.717, 1.165) is 19.6 Å². The number of nitrogens with one attached hydrogen (secondary N) is 2. The second-order valence-electron chi connectivity index (χ2n) is 4.62. The van der Waals surface area contributed by atoms with Crippen LogP contribution in [0.15, 0.2) is 23.1 Å². The molecule has 0 heterocycles. The summed E-state index contributed by atoms with van der Waals surface area (Å²) in [5.41, 5.74) is 0. The van der Waals surface area contributed by atoms with Crippen LogP contribution in [0.2, 0.25) is 0 Å². The Morgan fingerprint density at radius 1 is 1.10 bits per heavy atom. The topological polar surface area (TPSA) is 69.1 Å². The molecule has 6 nitrogen and oxygen atoms in total. The predicted molar refractivity (Wildman–Crippen MR) is 81.6 cm³/mol. The van der Waals surface area contributed by atoms with Gasteiger partial charge in [-0.25, -0.2) is 13.1 Å². The predicted octanol–water partition coefficient (Wildman–Crippen LogP) is -0.0932. The van der Waals surface area contributed by atoms with E-state index < -0.39 is 10.0 Å². The van der Waals surface area contributed by atoms with Crippen LogP contribution in [0, 0.1) is 0 Å². The highest BCUT2D eigenvalue weighted by molar-refractivity contribution is 7.89. The minimum Gasteiger partial charge on any atom is -0.493 e. The van der Waals surface area contributed by atoms with Crippen LogP contribution in [0.1, 0.15) is 13.8 Å². The zero-order valence-corrected chi connectivity index (χ0v) is 13.9. The van der Waals surface area contributed by atoms with E-state index in [-0.39, 0.29) is 4.90 Å². The number of rotatable bonds is 9. The van der Waals surface area contributed by atoms with E-state index in [0.29, 0.717) is 18.0 Å². The maximum atomic E-state index is 12.2. The van der Waals surface area contributed by atoms with Gasteiger partial charge < -0.3 is 14.4 Å². The van der Waals surface area contributed by atoms with Crippen LogP contribution in [-0.2, 0) is 10.0 Å². The number of quaternary nitrogens is 1. The molecular weight excluding hydrogens is 292 g/mol. The molecule has 21 heavy (non-hydrogen) atoms. The molecule has 120 valence electrons. The third-order valence-electron chi connectivity index (χ3n) is 3.44. The lowest BCUT2D eigenvalue weighted by atomic mass is 10.3. The van der Waals surface area contributed by atoms with Crippen molar-refractivity contribution in [1.29, 1.82) is 0 Å². The maximum Gasteiger partial charge on any atom is 0.240 e. The molecule has 0 saturated carbocycles. The number of ether oxygens (including phenoxy) is 2. The van der Waals surface area contributed by atoms with Crippen molar-refractivity contribution in [3.05, 3.63) is 18.2 Å². The van der Waals surface area contributed by atoms with Crippen LogP contribution < -0.4 is 19.1 Å². The van der Waals surface area contributed by atoms with Crippen molar-refractivity contribution in [3.8, 4) is 11.5 Å². The third kappa shape index (κ3) is 4.87. The lowest BCUT2D eigenvalue weighted by Gasteiger charge is -2.16. The van der Waals surface area contributed by atoms with Gasteiger partial charge in [-0.2, -0.15) is 0 Å². The highest BCUT2D eigenvalue weighted by Gasteiger charge is 2.17. The quantitative estimate of drug-likeness (QED) is 0.668. The molecule has 2 N–H and O–H groups in total. The minimum absolute atomic E-state index is 0.176. The highest BCUT2D eigenvalue weighted by Crippen LogP contribution is 2.29. The molecule has 1 aromatic carbocycles. The van der Waals surface area contributed by atoms with Crippen LogP contribution >= 0.6 is 0 Å². The molecule has 0 spiro atoms. The van der Waals surface area contributed by atoms with E-state index in [4.69, 9.17) is 9.47 Å². The van der Waals surface area contributed by atoms with E-state index in [9.17, 15) is 8.42 Å². The number of hydrogen-bond acceptors (Lipinski definition) is 4. The molecule has 0 radical (unpaired) electrons. The second kappa shape index (κ2) is 8.21. The smallest absolute Gasteiger partial charge is 0.240 e. The molecule has 1 rings (SSSR count). The van der Waals surface area contributed by atoms with Crippen LogP contribution in [-0.4, -0.2) is 48.8 Å². The van der Waals surface area contributed by atoms with E-state index in [1.807, 2.05) is 0 Å². The Morgan fingerprint density at radius 3 is 2.24 bits per heavy atom. The van der Waals surface area contributed by atoms with E-state index in [2.05, 4.69) is 18.6 Å². The molecule has 0 saturated heterocycles. The van der Waals surface area contributed by atoms with Crippen molar-refractivity contribution in [2.24, 2.45) is 0 Å². The summed E-state index contributed by atoms with van der Waals surface area (Å²) in [6.07, 6.45) is 0. The largest absolute Gasteiger partial charge is 0.493 e. The number of methoxy groups -OCH3 is 2. The summed E-state index contributed by atoms with van der Waals surface area (Å²) in [7, 11) is -0.540. The summed E-state index contributed by atoms with van der Waals surface area (Å²) < 4.78 is 37.3. The van der Waals surface area contributed by atoms with Gasteiger partial charge in [0.15, 0.2) is 11.5 Å². The van der Waals surface area contributed by atoms with Gasteiger partial charge in [-0.1, -0.05) is 0 Å². The van der Waals surface area contributed by atoms with Crippen molar-refractivity contribution in [2.45, 2.75) is 18.7 Å². The molecule has 0 atom stereocenters. The summed E-state index contributed by atoms with van der Waals surface area (Å²) >= 11 is 0. The molecule has 0 aliphatic heterocycles. The highest BCUT2D eigenvalue weighted by atomic mass is 32.2. The van der Waals surface area contributed by atoms with Crippen molar-refractivity contribution < 1.29 is 22.8 Å². The summed E-state index contributed by atoms with van der Waals surface area (Å²) in [6.45, 7) is 7.31. The van der Waals surface area contributed by atoms with Gasteiger partial charge in [-0.05, 0) is 26.0 Å². The molecule has 0 amide bonds. The standard InChI is InChI=1S/C14H24N2O4S/c1-5-16(6-2)10-9-15-21(17,18)12-7-8-13(19-3)14(11-12)20-4/h7-8,11,15H,5-6,9-10H2,1-4H3/p+1. The Morgan fingerprint density at radius 2 is 1.71 bits per heavy atom. The number of likely N-dealkylation sites (N-methyl/N-ethyl adjacent to an activating group) is 1. The molecule has 0 aliphatic rings. The summed E-state index contributed by atoms with van der Waals surface area (Å²) in [5.74, 6) is 0.902. The van der Waals surface area contributed by atoms with Crippen molar-refractivity contribution in [3.63, 3.8) is 0 Å². The van der Waals surface area contributed by atoms with Crippen molar-refractivity contribution >= 4 is 10.0 Å². The fraction of sp³-hybridized carbons (Fsp3) is 0.571. The van der Waals surface area contributed by atoms with Crippen molar-refractivity contribution in [2.75, 3.05) is 40.4 Å². The summed E-state index contributed by atoms with van der Waals surface area (Å²) in [4.78, 5) is 1.53. The molecule has 0 aliphatic carbocycles. The average molecular weight is 317 g/mol. The molecular formula is C14H25N2O4S+. The number of benzene rings is 1. The van der Waals surface area contributed by atoms with E-state index in [1.165, 1.54) is 31.3 Å². The lowest BCUT2D eigenvalue weighted by Crippen LogP contribution is -3.12. The average Bonchev–Trinajstić information content (AvgIpc) is 2.50. The Balaban J connectivity index is 2.78. The molecule has 1 aromatic rings. The SMILES string of the molecule is CC[NH+](CC)CCNS(=O)(=O)c1ccc(OC)c(OC)c1. The first-order valence-corrected chi connectivity index (χ1v) is 8.52. The van der Waals surface area contributed by atoms with Gasteiger partial charge in [0.1, 0.15) is 0 Å². The van der Waals surface area contributed by atoms with Gasteiger partial charge in [0.05, 0.1) is 45.3 Å². The van der Waals surface area contributed by atoms with Gasteiger partial charge >= 0.3 is 0 Å². The first-order chi connectivity index (χ1) is 9.98. The van der Waals surface area contributed by atoms with Crippen LogP contribution in [0.4, 0.5) is 0 Å². The number of sulfonamides is 1. The van der Waals surface area contributed by atoms with E-state index >= 15 is 0 Å². The van der Waals surface area contributed by atoms with E-state index in [1.54, 1.807) is 6.07 Å². The Kier molecular flexibility index (Phi) is 6.94. The molecule has 0 aromatic heterocycles. The minimum atomic E-state index is -3.53. The van der Waals surface area contributed by atoms with Crippen LogP contribution in [0.25, 0.3) is 0 Å². The van der Waals surface area contributed by atoms with Crippen LogP contribution in [0.3, 0.4) is 0 Å². The normalized spacial score (nSPS) is 11.7. The molecule has 0 unspecified atom stereocenters. The summed E-state index contributed by atoms with van der Waals surface area (Å²) in [5, 5.41) is 0. The van der Waals surface area contributed by atoms with Gasteiger partial charge in [0, 0.05) is 6.07 Å². The zero-order valence-electron chi connectivity index (χ0n) is 13.1. The lowest BCUT2D eigenvalue weighted by molar-refractivity contribution is -0.895. The van der Waals surface area contributed by atoms with Gasteiger partial charge in [0.2, 0.25) is 10.0 Å². The first-order valence-electron chi connectivity index (χ1n) is 7.03. The van der Waals surface area contributed by atoms with Crippen molar-refractivity contribution in [1.82, 2.24) is 4.72 Å². The maximum absolute atomic E-state index is 12.2. The molecule has 0 bridgehead atoms. The summed E-state index contributed by atoms with van der Waals surface area (Å²) in [6, 6.07) is 4.56.